The fourth-order valence-electron chi connectivity index (χ4n) is 3.35. The number of nitrogens with one attached hydrogen (secondary N) is 1. The Morgan fingerprint density at radius 2 is 1.86 bits per heavy atom. The molecule has 120 valence electrons. The van der Waals surface area contributed by atoms with Crippen molar-refractivity contribution in [2.75, 3.05) is 37.7 Å². The number of likely N-dealkylation sites (tertiary alicyclic amines) is 1. The molecule has 3 rings (SSSR count). The van der Waals surface area contributed by atoms with E-state index in [1.165, 1.54) is 5.69 Å². The molecule has 0 aliphatic carbocycles. The van der Waals surface area contributed by atoms with Crippen molar-refractivity contribution in [3.05, 3.63) is 30.3 Å². The van der Waals surface area contributed by atoms with Crippen LogP contribution in [0.3, 0.4) is 0 Å². The highest BCUT2D eigenvalue weighted by molar-refractivity contribution is 5.74. The zero-order chi connectivity index (χ0) is 15.4. The number of amides is 2. The maximum Gasteiger partial charge on any atom is 0.317 e. The molecule has 0 spiro atoms. The van der Waals surface area contributed by atoms with Crippen LogP contribution in [0.25, 0.3) is 0 Å². The number of urea groups is 1. The summed E-state index contributed by atoms with van der Waals surface area (Å²) in [6.45, 7) is 3.59. The Kier molecular flexibility index (Phi) is 4.83. The number of para-hydroxylation sites is 1. The van der Waals surface area contributed by atoms with Gasteiger partial charge in [0.15, 0.2) is 0 Å². The lowest BCUT2D eigenvalue weighted by Crippen LogP contribution is -2.48. The van der Waals surface area contributed by atoms with Crippen molar-refractivity contribution >= 4 is 11.7 Å². The van der Waals surface area contributed by atoms with Crippen LogP contribution in [0.1, 0.15) is 19.3 Å². The van der Waals surface area contributed by atoms with Gasteiger partial charge in [-0.3, -0.25) is 0 Å². The maximum absolute atomic E-state index is 12.2. The van der Waals surface area contributed by atoms with Gasteiger partial charge in [-0.25, -0.2) is 4.79 Å². The number of hydrogen-bond acceptors (Lipinski definition) is 3. The molecule has 0 radical (unpaired) electrons. The molecule has 2 N–H and O–H groups in total. The van der Waals surface area contributed by atoms with Crippen molar-refractivity contribution in [1.82, 2.24) is 10.2 Å². The molecule has 1 unspecified atom stereocenters. The van der Waals surface area contributed by atoms with E-state index in [-0.39, 0.29) is 24.6 Å². The Morgan fingerprint density at radius 1 is 1.14 bits per heavy atom. The zero-order valence-corrected chi connectivity index (χ0v) is 12.9. The summed E-state index contributed by atoms with van der Waals surface area (Å²) in [7, 11) is 0. The summed E-state index contributed by atoms with van der Waals surface area (Å²) < 4.78 is 0. The van der Waals surface area contributed by atoms with Crippen LogP contribution in [0.4, 0.5) is 10.5 Å². The van der Waals surface area contributed by atoms with Crippen molar-refractivity contribution in [3.63, 3.8) is 0 Å². The normalized spacial score (nSPS) is 22.9. The van der Waals surface area contributed by atoms with Gasteiger partial charge in [0.2, 0.25) is 0 Å². The van der Waals surface area contributed by atoms with E-state index < -0.39 is 0 Å². The molecule has 2 fully saturated rings. The molecule has 0 saturated carbocycles. The molecule has 5 heteroatoms. The second-order valence-electron chi connectivity index (χ2n) is 6.33. The number of carbonyl (C=O) groups is 1. The Labute approximate surface area is 131 Å². The van der Waals surface area contributed by atoms with E-state index >= 15 is 0 Å². The summed E-state index contributed by atoms with van der Waals surface area (Å²) in [6, 6.07) is 10.7. The fraction of sp³-hybridized carbons (Fsp3) is 0.588. The van der Waals surface area contributed by atoms with Crippen LogP contribution in [-0.4, -0.2) is 54.9 Å². The average molecular weight is 303 g/mol. The number of aliphatic hydroxyl groups excluding tert-OH is 1. The van der Waals surface area contributed by atoms with Gasteiger partial charge in [-0.05, 0) is 31.4 Å². The van der Waals surface area contributed by atoms with Gasteiger partial charge >= 0.3 is 6.03 Å². The standard InChI is InChI=1S/C17H25N3O2/c21-13-14-6-9-20(12-14)17(22)18-15-7-10-19(11-8-15)16-4-2-1-3-5-16/h1-5,14-15,21H,6-13H2,(H,18,22). The number of rotatable bonds is 3. The van der Waals surface area contributed by atoms with Crippen molar-refractivity contribution in [1.29, 1.82) is 0 Å². The number of aliphatic hydroxyl groups is 1. The van der Waals surface area contributed by atoms with Crippen LogP contribution >= 0.6 is 0 Å². The minimum absolute atomic E-state index is 0.0362. The van der Waals surface area contributed by atoms with E-state index in [9.17, 15) is 4.79 Å². The quantitative estimate of drug-likeness (QED) is 0.893. The molecular formula is C17H25N3O2. The van der Waals surface area contributed by atoms with Crippen molar-refractivity contribution < 1.29 is 9.90 Å². The summed E-state index contributed by atoms with van der Waals surface area (Å²) in [5.41, 5.74) is 1.26. The summed E-state index contributed by atoms with van der Waals surface area (Å²) in [4.78, 5) is 16.5. The first-order valence-electron chi connectivity index (χ1n) is 8.22. The first kappa shape index (κ1) is 15.2. The highest BCUT2D eigenvalue weighted by Gasteiger charge is 2.28. The second-order valence-corrected chi connectivity index (χ2v) is 6.33. The Hall–Kier alpha value is -1.75. The molecule has 5 nitrogen and oxygen atoms in total. The Bertz CT molecular complexity index is 486. The summed E-state index contributed by atoms with van der Waals surface area (Å²) in [6.07, 6.45) is 2.88. The van der Waals surface area contributed by atoms with Crippen LogP contribution in [-0.2, 0) is 0 Å². The monoisotopic (exact) mass is 303 g/mol. The van der Waals surface area contributed by atoms with Gasteiger partial charge in [0.1, 0.15) is 0 Å². The first-order chi connectivity index (χ1) is 10.8. The summed E-state index contributed by atoms with van der Waals surface area (Å²) >= 11 is 0. The molecule has 0 bridgehead atoms. The summed E-state index contributed by atoms with van der Waals surface area (Å²) in [5, 5.41) is 12.3. The lowest BCUT2D eigenvalue weighted by molar-refractivity contribution is 0.193. The van der Waals surface area contributed by atoms with E-state index in [4.69, 9.17) is 5.11 Å². The average Bonchev–Trinajstić information content (AvgIpc) is 3.06. The maximum atomic E-state index is 12.2. The molecule has 1 aromatic rings. The minimum Gasteiger partial charge on any atom is -0.396 e. The van der Waals surface area contributed by atoms with E-state index in [0.717, 1.165) is 38.9 Å². The summed E-state index contributed by atoms with van der Waals surface area (Å²) in [5.74, 6) is 0.255. The van der Waals surface area contributed by atoms with Gasteiger partial charge in [0.05, 0.1) is 0 Å². The van der Waals surface area contributed by atoms with Crippen LogP contribution in [0.5, 0.6) is 0 Å². The van der Waals surface area contributed by atoms with E-state index in [0.29, 0.717) is 6.54 Å². The molecule has 1 aromatic carbocycles. The number of anilines is 1. The molecule has 22 heavy (non-hydrogen) atoms. The third kappa shape index (κ3) is 3.53. The number of benzene rings is 1. The topological polar surface area (TPSA) is 55.8 Å². The minimum atomic E-state index is 0.0362. The van der Waals surface area contributed by atoms with Crippen LogP contribution in [0.15, 0.2) is 30.3 Å². The van der Waals surface area contributed by atoms with Gasteiger partial charge < -0.3 is 20.2 Å². The third-order valence-corrected chi connectivity index (χ3v) is 4.78. The number of nitrogens with zero attached hydrogens (tertiary/aromatic N) is 2. The SMILES string of the molecule is O=C(NC1CCN(c2ccccc2)CC1)N1CCC(CO)C1. The van der Waals surface area contributed by atoms with Crippen LogP contribution < -0.4 is 10.2 Å². The van der Waals surface area contributed by atoms with Crippen LogP contribution in [0, 0.1) is 5.92 Å². The number of hydrogen-bond donors (Lipinski definition) is 2. The van der Waals surface area contributed by atoms with Gasteiger partial charge in [0.25, 0.3) is 0 Å². The smallest absolute Gasteiger partial charge is 0.317 e. The number of piperidine rings is 1. The number of carbonyl (C=O) groups excluding carboxylic acids is 1. The van der Waals surface area contributed by atoms with Gasteiger partial charge in [-0.1, -0.05) is 18.2 Å². The highest BCUT2D eigenvalue weighted by atomic mass is 16.3. The largest absolute Gasteiger partial charge is 0.396 e. The van der Waals surface area contributed by atoms with Crippen molar-refractivity contribution in [3.8, 4) is 0 Å². The zero-order valence-electron chi connectivity index (χ0n) is 12.9. The predicted octanol–water partition coefficient (Wildman–Crippen LogP) is 1.68. The van der Waals surface area contributed by atoms with Gasteiger partial charge in [0, 0.05) is 50.4 Å². The van der Waals surface area contributed by atoms with Crippen molar-refractivity contribution in [2.24, 2.45) is 5.92 Å². The molecule has 2 heterocycles. The Balaban J connectivity index is 1.45. The molecule has 2 amide bonds. The van der Waals surface area contributed by atoms with Crippen molar-refractivity contribution in [2.45, 2.75) is 25.3 Å². The highest BCUT2D eigenvalue weighted by Crippen LogP contribution is 2.20. The van der Waals surface area contributed by atoms with E-state index in [1.54, 1.807) is 0 Å². The van der Waals surface area contributed by atoms with Crippen LogP contribution in [0.2, 0.25) is 0 Å². The molecule has 2 aliphatic rings. The first-order valence-corrected chi connectivity index (χ1v) is 8.22. The molecule has 2 saturated heterocycles. The molecular weight excluding hydrogens is 278 g/mol. The third-order valence-electron chi connectivity index (χ3n) is 4.78. The molecule has 1 atom stereocenters. The van der Waals surface area contributed by atoms with Gasteiger partial charge in [-0.2, -0.15) is 0 Å². The fourth-order valence-corrected chi connectivity index (χ4v) is 3.35. The second kappa shape index (κ2) is 7.01. The van der Waals surface area contributed by atoms with E-state index in [1.807, 2.05) is 11.0 Å². The van der Waals surface area contributed by atoms with E-state index in [2.05, 4.69) is 34.5 Å². The predicted molar refractivity (Wildman–Crippen MR) is 87.0 cm³/mol. The lowest BCUT2D eigenvalue weighted by Gasteiger charge is -2.34. The van der Waals surface area contributed by atoms with Gasteiger partial charge in [-0.15, -0.1) is 0 Å². The lowest BCUT2D eigenvalue weighted by atomic mass is 10.0. The Morgan fingerprint density at radius 3 is 2.50 bits per heavy atom. The molecule has 0 aromatic heterocycles. The molecule has 2 aliphatic heterocycles.